The van der Waals surface area contributed by atoms with Gasteiger partial charge in [0.2, 0.25) is 6.29 Å². The van der Waals surface area contributed by atoms with Crippen molar-refractivity contribution in [2.45, 2.75) is 64.1 Å². The molecule has 270 valence electrons. The number of carbonyl (C=O) groups excluding carboxylic acids is 1. The molecular weight excluding hydrogens is 660 g/mol. The maximum absolute atomic E-state index is 12.4. The molecule has 1 heterocycles. The molecule has 6 rings (SSSR count). The molecule has 1 fully saturated rings. The Kier molecular flexibility index (Phi) is 13.0. The summed E-state index contributed by atoms with van der Waals surface area (Å²) in [6, 6.07) is 42.6. The summed E-state index contributed by atoms with van der Waals surface area (Å²) in [5.74, 6) is -0.651. The lowest BCUT2D eigenvalue weighted by Crippen LogP contribution is -2.62. The predicted octanol–water partition coefficient (Wildman–Crippen LogP) is 7.56. The van der Waals surface area contributed by atoms with E-state index in [-0.39, 0.29) is 36.9 Å². The molecule has 1 saturated heterocycles. The number of aromatic hydroxyl groups is 1. The molecule has 5 atom stereocenters. The summed E-state index contributed by atoms with van der Waals surface area (Å²) >= 11 is 0. The van der Waals surface area contributed by atoms with Crippen LogP contribution in [-0.2, 0) is 54.8 Å². The van der Waals surface area contributed by atoms with Crippen LogP contribution in [0, 0.1) is 6.92 Å². The fourth-order valence-corrected chi connectivity index (χ4v) is 6.15. The van der Waals surface area contributed by atoms with E-state index < -0.39 is 36.7 Å². The maximum atomic E-state index is 12.4. The minimum Gasteiger partial charge on any atom is -0.507 e. The van der Waals surface area contributed by atoms with Gasteiger partial charge < -0.3 is 38.3 Å². The highest BCUT2D eigenvalue weighted by Crippen LogP contribution is 2.35. The summed E-state index contributed by atoms with van der Waals surface area (Å²) in [5, 5.41) is 10.9. The van der Waals surface area contributed by atoms with Gasteiger partial charge in [0.25, 0.3) is 0 Å². The number of rotatable bonds is 16. The Bertz CT molecular complexity index is 1800. The Hall–Kier alpha value is -5.03. The van der Waals surface area contributed by atoms with Gasteiger partial charge in [-0.15, -0.1) is 0 Å². The highest BCUT2D eigenvalue weighted by molar-refractivity contribution is 5.94. The topological polar surface area (TPSA) is 102 Å². The number of phenols is 1. The van der Waals surface area contributed by atoms with Crippen LogP contribution in [0.15, 0.2) is 133 Å². The largest absolute Gasteiger partial charge is 0.507 e. The second kappa shape index (κ2) is 18.5. The van der Waals surface area contributed by atoms with E-state index >= 15 is 0 Å². The fourth-order valence-electron chi connectivity index (χ4n) is 6.15. The van der Waals surface area contributed by atoms with E-state index in [1.807, 2.05) is 121 Å². The summed E-state index contributed by atoms with van der Waals surface area (Å²) in [7, 11) is 1.27. The number of aryl methyl sites for hydroxylation is 1. The van der Waals surface area contributed by atoms with Gasteiger partial charge in [0.1, 0.15) is 41.5 Å². The fraction of sp³-hybridized carbons (Fsp3) is 0.279. The molecule has 0 aromatic heterocycles. The number of hydrogen-bond donors (Lipinski definition) is 1. The van der Waals surface area contributed by atoms with E-state index in [1.165, 1.54) is 13.2 Å². The first-order valence-electron chi connectivity index (χ1n) is 17.3. The Labute approximate surface area is 304 Å². The average molecular weight is 705 g/mol. The number of benzene rings is 5. The molecule has 1 aliphatic rings. The number of phenolic OH excluding ortho intramolecular Hbond substituents is 1. The molecule has 0 bridgehead atoms. The van der Waals surface area contributed by atoms with Gasteiger partial charge in [-0.25, -0.2) is 4.79 Å². The molecule has 0 aliphatic carbocycles. The lowest BCUT2D eigenvalue weighted by molar-refractivity contribution is -0.310. The SMILES string of the molecule is COC(=O)c1c(C)cc(O[C@H]2O[C@H](COCc3ccccc3)[C@@H](OCc3ccccc3)[C@H](OCc3ccccc3)[C@H]2OCc2ccccc2)cc1O. The van der Waals surface area contributed by atoms with E-state index in [0.29, 0.717) is 18.8 Å². The molecule has 0 unspecified atom stereocenters. The molecule has 0 amide bonds. The van der Waals surface area contributed by atoms with Crippen molar-refractivity contribution in [3.63, 3.8) is 0 Å². The van der Waals surface area contributed by atoms with E-state index in [4.69, 9.17) is 33.2 Å². The third-order valence-electron chi connectivity index (χ3n) is 8.77. The molecule has 5 aromatic rings. The van der Waals surface area contributed by atoms with Crippen LogP contribution in [0.25, 0.3) is 0 Å². The number of esters is 1. The quantitative estimate of drug-likeness (QED) is 0.104. The van der Waals surface area contributed by atoms with Crippen LogP contribution >= 0.6 is 0 Å². The molecule has 0 radical (unpaired) electrons. The van der Waals surface area contributed by atoms with Gasteiger partial charge in [-0.1, -0.05) is 121 Å². The van der Waals surface area contributed by atoms with Crippen molar-refractivity contribution in [1.82, 2.24) is 0 Å². The summed E-state index contributed by atoms with van der Waals surface area (Å²) < 4.78 is 44.5. The number of methoxy groups -OCH3 is 1. The number of ether oxygens (including phenoxy) is 7. The van der Waals surface area contributed by atoms with Gasteiger partial charge in [-0.05, 0) is 40.8 Å². The summed E-state index contributed by atoms with van der Waals surface area (Å²) in [4.78, 5) is 12.4. The van der Waals surface area contributed by atoms with E-state index in [9.17, 15) is 9.90 Å². The van der Waals surface area contributed by atoms with E-state index in [2.05, 4.69) is 0 Å². The number of hydrogen-bond acceptors (Lipinski definition) is 9. The van der Waals surface area contributed by atoms with Crippen LogP contribution in [0.1, 0.15) is 38.2 Å². The molecule has 0 spiro atoms. The van der Waals surface area contributed by atoms with Gasteiger partial charge >= 0.3 is 5.97 Å². The Morgan fingerprint density at radius 1 is 0.635 bits per heavy atom. The van der Waals surface area contributed by atoms with Crippen LogP contribution in [0.3, 0.4) is 0 Å². The molecule has 1 aliphatic heterocycles. The highest BCUT2D eigenvalue weighted by atomic mass is 16.7. The lowest BCUT2D eigenvalue weighted by atomic mass is 9.97. The summed E-state index contributed by atoms with van der Waals surface area (Å²) in [5.41, 5.74) is 4.47. The van der Waals surface area contributed by atoms with Crippen LogP contribution in [0.5, 0.6) is 11.5 Å². The Morgan fingerprint density at radius 2 is 1.10 bits per heavy atom. The molecule has 9 heteroatoms. The Morgan fingerprint density at radius 3 is 1.58 bits per heavy atom. The Balaban J connectivity index is 1.35. The van der Waals surface area contributed by atoms with Crippen LogP contribution in [0.2, 0.25) is 0 Å². The first-order valence-corrected chi connectivity index (χ1v) is 17.3. The van der Waals surface area contributed by atoms with Gasteiger partial charge in [-0.2, -0.15) is 0 Å². The normalized spacial score (nSPS) is 19.9. The van der Waals surface area contributed by atoms with Crippen LogP contribution in [-0.4, -0.2) is 55.5 Å². The van der Waals surface area contributed by atoms with E-state index in [0.717, 1.165) is 22.3 Å². The van der Waals surface area contributed by atoms with Gasteiger partial charge in [0.15, 0.2) is 0 Å². The monoisotopic (exact) mass is 704 g/mol. The zero-order valence-corrected chi connectivity index (χ0v) is 29.3. The molecular formula is C43H44O9. The zero-order valence-electron chi connectivity index (χ0n) is 29.3. The third-order valence-corrected chi connectivity index (χ3v) is 8.77. The lowest BCUT2D eigenvalue weighted by Gasteiger charge is -2.45. The molecule has 1 N–H and O–H groups in total. The molecule has 52 heavy (non-hydrogen) atoms. The van der Waals surface area contributed by atoms with Crippen molar-refractivity contribution in [1.29, 1.82) is 0 Å². The van der Waals surface area contributed by atoms with Crippen molar-refractivity contribution >= 4 is 5.97 Å². The second-order valence-corrected chi connectivity index (χ2v) is 12.6. The minimum absolute atomic E-state index is 0.0573. The average Bonchev–Trinajstić information content (AvgIpc) is 3.17. The first-order chi connectivity index (χ1) is 25.5. The maximum Gasteiger partial charge on any atom is 0.341 e. The summed E-state index contributed by atoms with van der Waals surface area (Å²) in [6.45, 7) is 3.04. The predicted molar refractivity (Wildman–Crippen MR) is 195 cm³/mol. The van der Waals surface area contributed by atoms with Crippen LogP contribution in [0.4, 0.5) is 0 Å². The molecule has 0 saturated carbocycles. The van der Waals surface area contributed by atoms with Crippen molar-refractivity contribution in [2.75, 3.05) is 13.7 Å². The van der Waals surface area contributed by atoms with Gasteiger partial charge in [-0.3, -0.25) is 0 Å². The van der Waals surface area contributed by atoms with E-state index in [1.54, 1.807) is 13.0 Å². The smallest absolute Gasteiger partial charge is 0.341 e. The second-order valence-electron chi connectivity index (χ2n) is 12.6. The highest BCUT2D eigenvalue weighted by Gasteiger charge is 2.50. The number of carbonyl (C=O) groups is 1. The van der Waals surface area contributed by atoms with Gasteiger partial charge in [0, 0.05) is 6.07 Å². The zero-order chi connectivity index (χ0) is 36.1. The summed E-state index contributed by atoms with van der Waals surface area (Å²) in [6.07, 6.45) is -3.83. The minimum atomic E-state index is -1.03. The molecule has 5 aromatic carbocycles. The van der Waals surface area contributed by atoms with Crippen molar-refractivity contribution in [3.8, 4) is 11.5 Å². The van der Waals surface area contributed by atoms with Crippen molar-refractivity contribution < 1.29 is 43.1 Å². The van der Waals surface area contributed by atoms with Gasteiger partial charge in [0.05, 0.1) is 40.1 Å². The van der Waals surface area contributed by atoms with Crippen molar-refractivity contribution in [3.05, 3.63) is 167 Å². The first kappa shape index (κ1) is 36.8. The molecule has 9 nitrogen and oxygen atoms in total. The van der Waals surface area contributed by atoms with Crippen LogP contribution < -0.4 is 4.74 Å². The van der Waals surface area contributed by atoms with Crippen molar-refractivity contribution in [2.24, 2.45) is 0 Å². The third kappa shape index (κ3) is 9.85. The standard InChI is InChI=1S/C43H44O9/c1-30-23-35(24-36(44)38(30)42(45)46-2)51-43-41(50-28-34-21-13-6-14-22-34)40(49-27-33-19-11-5-12-20-33)39(48-26-32-17-9-4-10-18-32)37(52-43)29-47-25-31-15-7-3-8-16-31/h3-24,37,39-41,43-44H,25-29H2,1-2H3/t37-,39-,40+,41-,43+/m1/s1.